The van der Waals surface area contributed by atoms with Gasteiger partial charge in [-0.3, -0.25) is 4.79 Å². The van der Waals surface area contributed by atoms with E-state index in [1.165, 1.54) is 12.1 Å². The molecule has 1 atom stereocenters. The zero-order valence-corrected chi connectivity index (χ0v) is 15.6. The zero-order chi connectivity index (χ0) is 19.9. The number of ether oxygens (including phenoxy) is 1. The van der Waals surface area contributed by atoms with Gasteiger partial charge in [-0.15, -0.1) is 0 Å². The molecule has 0 radical (unpaired) electrons. The van der Waals surface area contributed by atoms with Gasteiger partial charge in [0.15, 0.2) is 0 Å². The summed E-state index contributed by atoms with van der Waals surface area (Å²) in [6.45, 7) is 1.95. The van der Waals surface area contributed by atoms with Crippen molar-refractivity contribution >= 4 is 12.0 Å². The van der Waals surface area contributed by atoms with Gasteiger partial charge in [-0.2, -0.15) is 0 Å². The molecule has 0 aliphatic carbocycles. The number of hydrogen-bond donors (Lipinski definition) is 1. The fourth-order valence-corrected chi connectivity index (χ4v) is 3.09. The molecular formula is C21H24FN3O3. The van der Waals surface area contributed by atoms with Crippen LogP contribution in [0, 0.1) is 5.82 Å². The molecule has 2 N–H and O–H groups in total. The second-order valence-corrected chi connectivity index (χ2v) is 6.77. The average molecular weight is 385 g/mol. The normalized spacial score (nSPS) is 15.2. The minimum Gasteiger partial charge on any atom is -0.445 e. The predicted molar refractivity (Wildman–Crippen MR) is 103 cm³/mol. The molecule has 1 saturated heterocycles. The monoisotopic (exact) mass is 385 g/mol. The lowest BCUT2D eigenvalue weighted by Crippen LogP contribution is -2.51. The molecule has 6 nitrogen and oxygen atoms in total. The molecule has 1 unspecified atom stereocenters. The average Bonchev–Trinajstić information content (AvgIpc) is 2.73. The Morgan fingerprint density at radius 2 is 1.57 bits per heavy atom. The summed E-state index contributed by atoms with van der Waals surface area (Å²) in [6.07, 6.45) is -0.233. The van der Waals surface area contributed by atoms with E-state index in [9.17, 15) is 14.0 Å². The molecule has 0 saturated carbocycles. The van der Waals surface area contributed by atoms with Crippen LogP contribution in [-0.4, -0.2) is 48.0 Å². The van der Waals surface area contributed by atoms with Gasteiger partial charge in [0.05, 0.1) is 0 Å². The van der Waals surface area contributed by atoms with Gasteiger partial charge in [-0.25, -0.2) is 9.18 Å². The quantitative estimate of drug-likeness (QED) is 0.859. The van der Waals surface area contributed by atoms with E-state index < -0.39 is 6.04 Å². The highest BCUT2D eigenvalue weighted by Gasteiger charge is 2.26. The highest BCUT2D eigenvalue weighted by atomic mass is 19.1. The number of benzene rings is 2. The number of halogens is 1. The standard InChI is InChI=1S/C21H24FN3O3/c22-18-8-6-17(7-9-18)19(23)14-20(26)24-10-12-25(13-11-24)21(27)28-15-16-4-2-1-3-5-16/h1-9,19H,10-15,23H2. The molecule has 1 fully saturated rings. The van der Waals surface area contributed by atoms with Crippen molar-refractivity contribution in [3.63, 3.8) is 0 Å². The lowest BCUT2D eigenvalue weighted by Gasteiger charge is -2.34. The first-order valence-electron chi connectivity index (χ1n) is 9.27. The highest BCUT2D eigenvalue weighted by molar-refractivity contribution is 5.77. The first-order chi connectivity index (χ1) is 13.5. The van der Waals surface area contributed by atoms with Crippen LogP contribution in [0.4, 0.5) is 9.18 Å². The number of hydrogen-bond acceptors (Lipinski definition) is 4. The van der Waals surface area contributed by atoms with E-state index in [-0.39, 0.29) is 30.8 Å². The van der Waals surface area contributed by atoms with Gasteiger partial charge in [-0.05, 0) is 23.3 Å². The minimum atomic E-state index is -0.484. The van der Waals surface area contributed by atoms with E-state index in [2.05, 4.69) is 0 Å². The number of carbonyl (C=O) groups is 2. The lowest BCUT2D eigenvalue weighted by atomic mass is 10.0. The summed E-state index contributed by atoms with van der Waals surface area (Å²) >= 11 is 0. The Bertz CT molecular complexity index is 790. The Labute approximate surface area is 163 Å². The Morgan fingerprint density at radius 1 is 0.964 bits per heavy atom. The largest absolute Gasteiger partial charge is 0.445 e. The Hall–Kier alpha value is -2.93. The van der Waals surface area contributed by atoms with Crippen molar-refractivity contribution in [3.05, 3.63) is 71.5 Å². The van der Waals surface area contributed by atoms with Crippen molar-refractivity contribution in [2.45, 2.75) is 19.1 Å². The molecule has 2 aromatic carbocycles. The SMILES string of the molecule is NC(CC(=O)N1CCN(C(=O)OCc2ccccc2)CC1)c1ccc(F)cc1. The van der Waals surface area contributed by atoms with Gasteiger partial charge in [0.1, 0.15) is 12.4 Å². The second kappa shape index (κ2) is 9.32. The van der Waals surface area contributed by atoms with Gasteiger partial charge in [0.2, 0.25) is 5.91 Å². The third-order valence-corrected chi connectivity index (χ3v) is 4.79. The van der Waals surface area contributed by atoms with Crippen LogP contribution in [0.2, 0.25) is 0 Å². The van der Waals surface area contributed by atoms with E-state index in [1.54, 1.807) is 21.9 Å². The van der Waals surface area contributed by atoms with Crippen molar-refractivity contribution in [3.8, 4) is 0 Å². The third kappa shape index (κ3) is 5.29. The maximum absolute atomic E-state index is 13.0. The molecule has 1 heterocycles. The fraction of sp³-hybridized carbons (Fsp3) is 0.333. The Kier molecular flexibility index (Phi) is 6.60. The number of amides is 2. The van der Waals surface area contributed by atoms with Crippen LogP contribution in [0.5, 0.6) is 0 Å². The van der Waals surface area contributed by atoms with Crippen LogP contribution in [-0.2, 0) is 16.1 Å². The fourth-order valence-electron chi connectivity index (χ4n) is 3.09. The summed E-state index contributed by atoms with van der Waals surface area (Å²) in [7, 11) is 0. The number of piperazine rings is 1. The number of carbonyl (C=O) groups excluding carboxylic acids is 2. The molecule has 3 rings (SSSR count). The summed E-state index contributed by atoms with van der Waals surface area (Å²) in [5, 5.41) is 0. The van der Waals surface area contributed by atoms with Crippen molar-refractivity contribution in [2.24, 2.45) is 5.73 Å². The molecule has 0 aromatic heterocycles. The van der Waals surface area contributed by atoms with Gasteiger partial charge in [-0.1, -0.05) is 42.5 Å². The summed E-state index contributed by atoms with van der Waals surface area (Å²) in [4.78, 5) is 28.0. The summed E-state index contributed by atoms with van der Waals surface area (Å²) in [6, 6.07) is 14.9. The van der Waals surface area contributed by atoms with Crippen LogP contribution in [0.1, 0.15) is 23.6 Å². The minimum absolute atomic E-state index is 0.0749. The molecule has 1 aliphatic heterocycles. The summed E-state index contributed by atoms with van der Waals surface area (Å²) in [5.41, 5.74) is 7.72. The number of nitrogens with zero attached hydrogens (tertiary/aromatic N) is 2. The maximum atomic E-state index is 13.0. The molecule has 28 heavy (non-hydrogen) atoms. The van der Waals surface area contributed by atoms with Crippen LogP contribution in [0.25, 0.3) is 0 Å². The summed E-state index contributed by atoms with van der Waals surface area (Å²) < 4.78 is 18.3. The molecule has 2 aromatic rings. The molecule has 2 amide bonds. The lowest BCUT2D eigenvalue weighted by molar-refractivity contribution is -0.133. The number of rotatable bonds is 5. The first-order valence-corrected chi connectivity index (χ1v) is 9.27. The molecule has 0 spiro atoms. The van der Waals surface area contributed by atoms with Gasteiger partial charge in [0, 0.05) is 38.6 Å². The van der Waals surface area contributed by atoms with Crippen LogP contribution < -0.4 is 5.73 Å². The second-order valence-electron chi connectivity index (χ2n) is 6.77. The van der Waals surface area contributed by atoms with E-state index in [1.807, 2.05) is 30.3 Å². The highest BCUT2D eigenvalue weighted by Crippen LogP contribution is 2.17. The van der Waals surface area contributed by atoms with Crippen molar-refractivity contribution in [2.75, 3.05) is 26.2 Å². The van der Waals surface area contributed by atoms with Crippen LogP contribution >= 0.6 is 0 Å². The zero-order valence-electron chi connectivity index (χ0n) is 15.6. The van der Waals surface area contributed by atoms with E-state index in [0.717, 1.165) is 11.1 Å². The molecule has 1 aliphatic rings. The van der Waals surface area contributed by atoms with Crippen LogP contribution in [0.15, 0.2) is 54.6 Å². The smallest absolute Gasteiger partial charge is 0.410 e. The van der Waals surface area contributed by atoms with E-state index >= 15 is 0 Å². The maximum Gasteiger partial charge on any atom is 0.410 e. The Balaban J connectivity index is 1.43. The van der Waals surface area contributed by atoms with Crippen molar-refractivity contribution in [1.29, 1.82) is 0 Å². The molecule has 7 heteroatoms. The topological polar surface area (TPSA) is 75.9 Å². The third-order valence-electron chi connectivity index (χ3n) is 4.79. The van der Waals surface area contributed by atoms with E-state index in [4.69, 9.17) is 10.5 Å². The van der Waals surface area contributed by atoms with Gasteiger partial charge < -0.3 is 20.3 Å². The predicted octanol–water partition coefficient (Wildman–Crippen LogP) is 2.70. The van der Waals surface area contributed by atoms with Crippen molar-refractivity contribution < 1.29 is 18.7 Å². The molecule has 148 valence electrons. The van der Waals surface area contributed by atoms with E-state index in [0.29, 0.717) is 26.2 Å². The number of nitrogens with two attached hydrogens (primary N) is 1. The summed E-state index contributed by atoms with van der Waals surface area (Å²) in [5.74, 6) is -0.410. The molecule has 0 bridgehead atoms. The Morgan fingerprint density at radius 3 is 2.21 bits per heavy atom. The molecular weight excluding hydrogens is 361 g/mol. The van der Waals surface area contributed by atoms with Gasteiger partial charge >= 0.3 is 6.09 Å². The first kappa shape index (κ1) is 19.8. The van der Waals surface area contributed by atoms with Crippen LogP contribution in [0.3, 0.4) is 0 Å². The van der Waals surface area contributed by atoms with Crippen molar-refractivity contribution in [1.82, 2.24) is 9.80 Å². The van der Waals surface area contributed by atoms with Gasteiger partial charge in [0.25, 0.3) is 0 Å².